The van der Waals surface area contributed by atoms with Crippen molar-refractivity contribution in [3.05, 3.63) is 51.7 Å². The molecule has 0 saturated carbocycles. The van der Waals surface area contributed by atoms with Crippen LogP contribution in [0.3, 0.4) is 0 Å². The number of esters is 4. The number of nitriles is 1. The second kappa shape index (κ2) is 14.4. The Morgan fingerprint density at radius 2 is 1.43 bits per heavy atom. The van der Waals surface area contributed by atoms with E-state index in [0.717, 1.165) is 27.7 Å². The first-order valence-electron chi connectivity index (χ1n) is 13.5. The maximum Gasteiger partial charge on any atom is 0.303 e. The highest BCUT2D eigenvalue weighted by Crippen LogP contribution is 2.46. The Hall–Kier alpha value is -4.35. The van der Waals surface area contributed by atoms with E-state index in [-0.39, 0.29) is 22.0 Å². The van der Waals surface area contributed by atoms with Crippen molar-refractivity contribution in [3.63, 3.8) is 0 Å². The zero-order valence-electron chi connectivity index (χ0n) is 25.3. The molecule has 236 valence electrons. The molecule has 0 spiro atoms. The molecule has 0 amide bonds. The molecule has 6 atom stereocenters. The van der Waals surface area contributed by atoms with Crippen molar-refractivity contribution < 1.29 is 52.4 Å². The normalized spacial score (nSPS) is 25.0. The molecule has 14 heteroatoms. The summed E-state index contributed by atoms with van der Waals surface area (Å²) in [5.41, 5.74) is 1.20. The minimum Gasteiger partial charge on any atom is -0.497 e. The highest BCUT2D eigenvalue weighted by Gasteiger charge is 2.55. The average Bonchev–Trinajstić information content (AvgIpc) is 2.93. The number of allylic oxidation sites excluding steroid dienone is 3. The van der Waals surface area contributed by atoms with Gasteiger partial charge in [-0.15, -0.1) is 12.6 Å². The standard InChI is InChI=1S/C30H34N2O11S/c1-14-24(15(2)33)25(20-8-10-21(38-7)11-9-20)22(12-31)30(44)32(14)29-28(42-19(6)37)27(41-18(5)36)26(40-17(4)35)23(43-29)13-39-16(3)34/h8-11,23,25-29,44H,13H2,1-7H3/t23-,25-,26+,27+,28+,29+/m0/s1. The minimum absolute atomic E-state index is 0.0525. The molecule has 44 heavy (non-hydrogen) atoms. The minimum atomic E-state index is -1.47. The second-order valence-corrected chi connectivity index (χ2v) is 10.5. The number of benzene rings is 1. The third-order valence-corrected chi connectivity index (χ3v) is 7.42. The van der Waals surface area contributed by atoms with Crippen molar-refractivity contribution in [1.82, 2.24) is 4.90 Å². The van der Waals surface area contributed by atoms with E-state index in [0.29, 0.717) is 17.0 Å². The molecule has 2 aliphatic rings. The summed E-state index contributed by atoms with van der Waals surface area (Å²) in [6, 6.07) is 8.99. The van der Waals surface area contributed by atoms with Crippen molar-refractivity contribution in [2.24, 2.45) is 0 Å². The van der Waals surface area contributed by atoms with Crippen LogP contribution in [0.15, 0.2) is 46.1 Å². The second-order valence-electron chi connectivity index (χ2n) is 10.1. The fourth-order valence-corrected chi connectivity index (χ4v) is 5.77. The van der Waals surface area contributed by atoms with Crippen LogP contribution >= 0.6 is 12.6 Å². The van der Waals surface area contributed by atoms with E-state index >= 15 is 0 Å². The van der Waals surface area contributed by atoms with E-state index < -0.39 is 67.0 Å². The zero-order chi connectivity index (χ0) is 32.9. The molecule has 1 aromatic rings. The first kappa shape index (κ1) is 34.1. The average molecular weight is 631 g/mol. The van der Waals surface area contributed by atoms with Gasteiger partial charge in [0.25, 0.3) is 0 Å². The Balaban J connectivity index is 2.28. The van der Waals surface area contributed by atoms with Gasteiger partial charge < -0.3 is 33.3 Å². The number of carbonyl (C=O) groups is 5. The van der Waals surface area contributed by atoms with E-state index in [2.05, 4.69) is 6.07 Å². The molecule has 0 bridgehead atoms. The summed E-state index contributed by atoms with van der Waals surface area (Å²) in [6.45, 7) is 7.00. The summed E-state index contributed by atoms with van der Waals surface area (Å²) < 4.78 is 33.3. The van der Waals surface area contributed by atoms with Crippen molar-refractivity contribution in [3.8, 4) is 11.8 Å². The smallest absolute Gasteiger partial charge is 0.303 e. The summed E-state index contributed by atoms with van der Waals surface area (Å²) >= 11 is 4.70. The molecule has 0 unspecified atom stereocenters. The Morgan fingerprint density at radius 1 is 0.886 bits per heavy atom. The number of hydrogen-bond donors (Lipinski definition) is 1. The fourth-order valence-electron chi connectivity index (χ4n) is 5.33. The predicted octanol–water partition coefficient (Wildman–Crippen LogP) is 2.71. The third kappa shape index (κ3) is 7.40. The lowest BCUT2D eigenvalue weighted by Crippen LogP contribution is -2.66. The molecule has 0 N–H and O–H groups in total. The number of rotatable bonds is 9. The lowest BCUT2D eigenvalue weighted by Gasteiger charge is -2.50. The highest BCUT2D eigenvalue weighted by molar-refractivity contribution is 7.84. The fraction of sp³-hybridized carbons (Fsp3) is 0.467. The van der Waals surface area contributed by atoms with Crippen molar-refractivity contribution in [2.45, 2.75) is 78.1 Å². The monoisotopic (exact) mass is 630 g/mol. The summed E-state index contributed by atoms with van der Waals surface area (Å²) in [6.07, 6.45) is -6.97. The Labute approximate surface area is 260 Å². The van der Waals surface area contributed by atoms with E-state index in [1.165, 1.54) is 18.9 Å². The number of ether oxygens (including phenoxy) is 6. The van der Waals surface area contributed by atoms with Gasteiger partial charge in [-0.1, -0.05) is 12.1 Å². The van der Waals surface area contributed by atoms with Crippen LogP contribution in [0.2, 0.25) is 0 Å². The Bertz CT molecular complexity index is 1430. The third-order valence-electron chi connectivity index (χ3n) is 6.97. The number of thiol groups is 1. The van der Waals surface area contributed by atoms with Crippen LogP contribution < -0.4 is 4.74 Å². The maximum atomic E-state index is 13.2. The zero-order valence-corrected chi connectivity index (χ0v) is 26.2. The molecule has 13 nitrogen and oxygen atoms in total. The number of Topliss-reactive ketones (excluding diaryl/α,β-unsaturated/α-hetero) is 1. The summed E-state index contributed by atoms with van der Waals surface area (Å²) in [4.78, 5) is 63.1. The van der Waals surface area contributed by atoms with Crippen LogP contribution in [-0.2, 0) is 47.7 Å². The van der Waals surface area contributed by atoms with Gasteiger partial charge in [0.1, 0.15) is 18.5 Å². The molecule has 1 aromatic carbocycles. The van der Waals surface area contributed by atoms with Crippen LogP contribution in [0.25, 0.3) is 0 Å². The molecule has 0 radical (unpaired) electrons. The van der Waals surface area contributed by atoms with Crippen LogP contribution in [0, 0.1) is 11.3 Å². The van der Waals surface area contributed by atoms with Gasteiger partial charge >= 0.3 is 23.9 Å². The number of ketones is 1. The van der Waals surface area contributed by atoms with Crippen LogP contribution in [0.4, 0.5) is 0 Å². The van der Waals surface area contributed by atoms with Crippen LogP contribution in [0.1, 0.15) is 53.0 Å². The summed E-state index contributed by atoms with van der Waals surface area (Å²) in [5.74, 6) is -3.67. The van der Waals surface area contributed by atoms with Gasteiger partial charge in [0.05, 0.1) is 29.7 Å². The van der Waals surface area contributed by atoms with Gasteiger partial charge in [-0.3, -0.25) is 24.0 Å². The van der Waals surface area contributed by atoms with Gasteiger partial charge in [0, 0.05) is 39.0 Å². The van der Waals surface area contributed by atoms with Crippen molar-refractivity contribution in [1.29, 1.82) is 5.26 Å². The molecule has 0 aliphatic carbocycles. The molecule has 2 aliphatic heterocycles. The lowest BCUT2D eigenvalue weighted by molar-refractivity contribution is -0.271. The first-order chi connectivity index (χ1) is 20.7. The molecule has 3 rings (SSSR count). The van der Waals surface area contributed by atoms with Crippen LogP contribution in [0.5, 0.6) is 5.75 Å². The number of nitrogens with zero attached hydrogens (tertiary/aromatic N) is 2. The first-order valence-corrected chi connectivity index (χ1v) is 13.9. The number of carbonyl (C=O) groups excluding carboxylic acids is 5. The lowest BCUT2D eigenvalue weighted by atomic mass is 9.80. The van der Waals surface area contributed by atoms with Gasteiger partial charge in [-0.2, -0.15) is 5.26 Å². The van der Waals surface area contributed by atoms with E-state index in [1.807, 2.05) is 0 Å². The number of methoxy groups -OCH3 is 1. The Morgan fingerprint density at radius 3 is 1.91 bits per heavy atom. The quantitative estimate of drug-likeness (QED) is 0.240. The van der Waals surface area contributed by atoms with E-state index in [9.17, 15) is 29.2 Å². The van der Waals surface area contributed by atoms with Gasteiger partial charge in [0.2, 0.25) is 0 Å². The van der Waals surface area contributed by atoms with E-state index in [4.69, 9.17) is 41.0 Å². The van der Waals surface area contributed by atoms with Crippen LogP contribution in [-0.4, -0.2) is 78.9 Å². The van der Waals surface area contributed by atoms with Gasteiger partial charge in [0.15, 0.2) is 30.3 Å². The molecule has 1 fully saturated rings. The number of hydrogen-bond acceptors (Lipinski definition) is 14. The van der Waals surface area contributed by atoms with Crippen molar-refractivity contribution in [2.75, 3.05) is 13.7 Å². The van der Waals surface area contributed by atoms with Gasteiger partial charge in [-0.25, -0.2) is 0 Å². The molecular weight excluding hydrogens is 596 g/mol. The SMILES string of the molecule is COc1ccc([C@H]2C(C#N)=C(S)N([C@@H]3O[C@@H](COC(C)=O)[C@@H](OC(C)=O)[C@@H](OC(C)=O)[C@H]3OC(C)=O)C(C)=C2C(C)=O)cc1. The highest BCUT2D eigenvalue weighted by atomic mass is 32.1. The topological polar surface area (TPSA) is 168 Å². The van der Waals surface area contributed by atoms with E-state index in [1.54, 1.807) is 31.2 Å². The summed E-state index contributed by atoms with van der Waals surface area (Å²) in [7, 11) is 1.51. The van der Waals surface area contributed by atoms with Gasteiger partial charge in [-0.05, 0) is 31.5 Å². The molecule has 0 aromatic heterocycles. The Kier molecular flexibility index (Phi) is 11.2. The predicted molar refractivity (Wildman–Crippen MR) is 155 cm³/mol. The molecular formula is C30H34N2O11S. The largest absolute Gasteiger partial charge is 0.497 e. The molecule has 1 saturated heterocycles. The summed E-state index contributed by atoms with van der Waals surface area (Å²) in [5, 5.41) is 10.4. The maximum absolute atomic E-state index is 13.2. The molecule has 2 heterocycles. The van der Waals surface area contributed by atoms with Crippen molar-refractivity contribution >= 4 is 42.3 Å².